The molecule has 1 heterocycles. The summed E-state index contributed by atoms with van der Waals surface area (Å²) in [5, 5.41) is 9.75. The molecule has 1 saturated heterocycles. The van der Waals surface area contributed by atoms with Crippen LogP contribution in [0.15, 0.2) is 48.5 Å². The summed E-state index contributed by atoms with van der Waals surface area (Å²) in [5.74, 6) is 1.15. The summed E-state index contributed by atoms with van der Waals surface area (Å²) in [6.45, 7) is 1.09. The quantitative estimate of drug-likeness (QED) is 0.581. The Kier molecular flexibility index (Phi) is 6.14. The van der Waals surface area contributed by atoms with Gasteiger partial charge in [0.05, 0.1) is 5.41 Å². The van der Waals surface area contributed by atoms with Gasteiger partial charge >= 0.3 is 0 Å². The van der Waals surface area contributed by atoms with E-state index in [4.69, 9.17) is 26.3 Å². The predicted octanol–water partition coefficient (Wildman–Crippen LogP) is 4.37. The summed E-state index contributed by atoms with van der Waals surface area (Å²) in [4.78, 5) is 12.1. The van der Waals surface area contributed by atoms with Gasteiger partial charge < -0.3 is 9.47 Å². The zero-order chi connectivity index (χ0) is 18.4. The summed E-state index contributed by atoms with van der Waals surface area (Å²) >= 11 is 5.87. The lowest BCUT2D eigenvalue weighted by Crippen LogP contribution is -2.43. The van der Waals surface area contributed by atoms with Crippen molar-refractivity contribution in [2.45, 2.75) is 25.7 Å². The second kappa shape index (κ2) is 8.54. The van der Waals surface area contributed by atoms with Crippen LogP contribution in [-0.2, 0) is 16.0 Å². The summed E-state index contributed by atoms with van der Waals surface area (Å²) in [7, 11) is 0. The van der Waals surface area contributed by atoms with Crippen molar-refractivity contribution in [1.29, 1.82) is 0 Å². The number of hydrogen-bond donors (Lipinski definition) is 2. The van der Waals surface area contributed by atoms with Crippen molar-refractivity contribution < 1.29 is 19.5 Å². The molecule has 0 aromatic heterocycles. The molecule has 1 fully saturated rings. The van der Waals surface area contributed by atoms with Crippen LogP contribution in [0, 0.1) is 5.41 Å². The number of aryl methyl sites for hydroxylation is 1. The molecule has 0 bridgehead atoms. The lowest BCUT2D eigenvalue weighted by atomic mass is 9.75. The minimum atomic E-state index is -0.564. The lowest BCUT2D eigenvalue weighted by Gasteiger charge is -2.35. The van der Waals surface area contributed by atoms with Crippen molar-refractivity contribution in [3.63, 3.8) is 0 Å². The molecule has 0 unspecified atom stereocenters. The second-order valence-corrected chi connectivity index (χ2v) is 6.97. The normalized spacial score (nSPS) is 16.1. The first-order valence-electron chi connectivity index (χ1n) is 8.66. The first-order valence-corrected chi connectivity index (χ1v) is 9.04. The zero-order valence-corrected chi connectivity index (χ0v) is 15.2. The van der Waals surface area contributed by atoms with Gasteiger partial charge in [-0.15, -0.1) is 0 Å². The number of rotatable bonds is 6. The molecule has 26 heavy (non-hydrogen) atoms. The fourth-order valence-corrected chi connectivity index (χ4v) is 3.34. The van der Waals surface area contributed by atoms with Crippen LogP contribution in [0.4, 0.5) is 0 Å². The molecule has 2 aromatic rings. The molecule has 5 nitrogen and oxygen atoms in total. The number of benzene rings is 2. The number of halogens is 1. The molecule has 0 aliphatic carbocycles. The number of carbonyl (C=O) groups excluding carboxylic acids is 1. The van der Waals surface area contributed by atoms with Crippen molar-refractivity contribution in [3.8, 4) is 11.5 Å². The van der Waals surface area contributed by atoms with Gasteiger partial charge in [0.25, 0.3) is 0 Å². The zero-order valence-electron chi connectivity index (χ0n) is 14.4. The van der Waals surface area contributed by atoms with Gasteiger partial charge in [-0.25, -0.2) is 5.48 Å². The number of hydroxylamine groups is 1. The van der Waals surface area contributed by atoms with E-state index in [1.807, 2.05) is 41.9 Å². The third-order valence-electron chi connectivity index (χ3n) is 4.90. The van der Waals surface area contributed by atoms with Crippen LogP contribution in [0.1, 0.15) is 24.8 Å². The molecule has 138 valence electrons. The number of hydrogen-bond acceptors (Lipinski definition) is 4. The van der Waals surface area contributed by atoms with Crippen molar-refractivity contribution in [2.75, 3.05) is 13.2 Å². The van der Waals surface area contributed by atoms with E-state index in [1.165, 1.54) is 0 Å². The van der Waals surface area contributed by atoms with Crippen molar-refractivity contribution in [2.24, 2.45) is 5.41 Å². The maximum Gasteiger partial charge on any atom is 0.249 e. The Morgan fingerprint density at radius 3 is 2.23 bits per heavy atom. The highest BCUT2D eigenvalue weighted by Crippen LogP contribution is 2.36. The molecule has 0 saturated carbocycles. The Labute approximate surface area is 157 Å². The first kappa shape index (κ1) is 18.7. The molecule has 6 heteroatoms. The minimum Gasteiger partial charge on any atom is -0.457 e. The second-order valence-electron chi connectivity index (χ2n) is 6.53. The van der Waals surface area contributed by atoms with Gasteiger partial charge in [0.1, 0.15) is 11.5 Å². The van der Waals surface area contributed by atoms with Crippen LogP contribution in [-0.4, -0.2) is 24.3 Å². The summed E-state index contributed by atoms with van der Waals surface area (Å²) in [6.07, 6.45) is 2.66. The van der Waals surface area contributed by atoms with Gasteiger partial charge in [0, 0.05) is 18.2 Å². The predicted molar refractivity (Wildman–Crippen MR) is 98.7 cm³/mol. The molecule has 0 atom stereocenters. The average Bonchev–Trinajstić information content (AvgIpc) is 2.69. The van der Waals surface area contributed by atoms with E-state index < -0.39 is 5.41 Å². The van der Waals surface area contributed by atoms with Gasteiger partial charge in [-0.3, -0.25) is 10.0 Å². The van der Waals surface area contributed by atoms with Crippen molar-refractivity contribution in [3.05, 3.63) is 59.1 Å². The Hall–Kier alpha value is -2.08. The average molecular weight is 376 g/mol. The number of ether oxygens (including phenoxy) is 2. The van der Waals surface area contributed by atoms with Gasteiger partial charge in [-0.2, -0.15) is 0 Å². The van der Waals surface area contributed by atoms with Crippen LogP contribution < -0.4 is 10.2 Å². The van der Waals surface area contributed by atoms with Gasteiger partial charge in [-0.1, -0.05) is 23.7 Å². The van der Waals surface area contributed by atoms with E-state index in [0.717, 1.165) is 23.5 Å². The first-order chi connectivity index (χ1) is 12.6. The number of amides is 1. The fraction of sp³-hybridized carbons (Fsp3) is 0.350. The van der Waals surface area contributed by atoms with E-state index in [2.05, 4.69) is 0 Å². The molecule has 0 spiro atoms. The van der Waals surface area contributed by atoms with Crippen molar-refractivity contribution >= 4 is 17.5 Å². The third-order valence-corrected chi connectivity index (χ3v) is 5.15. The monoisotopic (exact) mass is 375 g/mol. The van der Waals surface area contributed by atoms with E-state index in [0.29, 0.717) is 37.5 Å². The Bertz CT molecular complexity index is 724. The molecule has 1 aliphatic heterocycles. The molecule has 2 aromatic carbocycles. The van der Waals surface area contributed by atoms with Crippen LogP contribution in [0.3, 0.4) is 0 Å². The maximum absolute atomic E-state index is 12.1. The molecule has 3 rings (SSSR count). The molecule has 0 radical (unpaired) electrons. The molecular weight excluding hydrogens is 354 g/mol. The number of carbonyl (C=O) groups is 1. The van der Waals surface area contributed by atoms with E-state index in [1.54, 1.807) is 12.1 Å². The standard InChI is InChI=1S/C20H22ClNO4/c21-16-3-7-18(8-4-16)26-17-5-1-15(2-6-17)9-10-20(19(23)22-24)11-13-25-14-12-20/h1-8,24H,9-14H2,(H,22,23). The van der Waals surface area contributed by atoms with E-state index in [9.17, 15) is 4.79 Å². The van der Waals surface area contributed by atoms with Crippen LogP contribution in [0.25, 0.3) is 0 Å². The smallest absolute Gasteiger partial charge is 0.249 e. The highest BCUT2D eigenvalue weighted by Gasteiger charge is 2.39. The Morgan fingerprint density at radius 1 is 1.08 bits per heavy atom. The SMILES string of the molecule is O=C(NO)C1(CCc2ccc(Oc3ccc(Cl)cc3)cc2)CCOCC1. The van der Waals surface area contributed by atoms with Crippen LogP contribution >= 0.6 is 11.6 Å². The number of nitrogens with one attached hydrogen (secondary N) is 1. The summed E-state index contributed by atoms with van der Waals surface area (Å²) < 4.78 is 11.2. The van der Waals surface area contributed by atoms with Crippen LogP contribution in [0.2, 0.25) is 5.02 Å². The van der Waals surface area contributed by atoms with Gasteiger partial charge in [0.2, 0.25) is 5.91 Å². The Balaban J connectivity index is 1.61. The molecule has 2 N–H and O–H groups in total. The molecule has 1 amide bonds. The Morgan fingerprint density at radius 2 is 1.65 bits per heavy atom. The largest absolute Gasteiger partial charge is 0.457 e. The fourth-order valence-electron chi connectivity index (χ4n) is 3.22. The summed E-state index contributed by atoms with van der Waals surface area (Å²) in [5.41, 5.74) is 2.38. The highest BCUT2D eigenvalue weighted by atomic mass is 35.5. The van der Waals surface area contributed by atoms with E-state index in [-0.39, 0.29) is 5.91 Å². The van der Waals surface area contributed by atoms with Crippen LogP contribution in [0.5, 0.6) is 11.5 Å². The van der Waals surface area contributed by atoms with Gasteiger partial charge in [-0.05, 0) is 67.6 Å². The van der Waals surface area contributed by atoms with Crippen molar-refractivity contribution in [1.82, 2.24) is 5.48 Å². The topological polar surface area (TPSA) is 67.8 Å². The third kappa shape index (κ3) is 4.55. The summed E-state index contributed by atoms with van der Waals surface area (Å²) in [6, 6.07) is 15.0. The molecule has 1 aliphatic rings. The molecular formula is C20H22ClNO4. The minimum absolute atomic E-state index is 0.316. The van der Waals surface area contributed by atoms with E-state index >= 15 is 0 Å². The highest BCUT2D eigenvalue weighted by molar-refractivity contribution is 6.30. The van der Waals surface area contributed by atoms with Gasteiger partial charge in [0.15, 0.2) is 0 Å². The lowest BCUT2D eigenvalue weighted by molar-refractivity contribution is -0.146. The maximum atomic E-state index is 12.1.